The van der Waals surface area contributed by atoms with Gasteiger partial charge in [0.25, 0.3) is 0 Å². The Morgan fingerprint density at radius 1 is 1.05 bits per heavy atom. The van der Waals surface area contributed by atoms with E-state index in [2.05, 4.69) is 10.2 Å². The second-order valence-electron chi connectivity index (χ2n) is 3.81. The molecule has 0 fully saturated rings. The summed E-state index contributed by atoms with van der Waals surface area (Å²) in [5.41, 5.74) is 0.0420. The third-order valence-electron chi connectivity index (χ3n) is 2.41. The summed E-state index contributed by atoms with van der Waals surface area (Å²) in [5, 5.41) is 17.8. The highest BCUT2D eigenvalue weighted by atomic mass is 19.4. The summed E-state index contributed by atoms with van der Waals surface area (Å²) in [6, 6.07) is 7.27. The monoisotopic (exact) mass is 283 g/mol. The summed E-state index contributed by atoms with van der Waals surface area (Å²) in [6.45, 7) is 0. The number of nitrogens with one attached hydrogen (secondary N) is 1. The lowest BCUT2D eigenvalue weighted by Crippen LogP contribution is -2.09. The average molecular weight is 283 g/mol. The highest BCUT2D eigenvalue weighted by Crippen LogP contribution is 2.30. The van der Waals surface area contributed by atoms with Crippen molar-refractivity contribution in [2.45, 2.75) is 6.18 Å². The molecular formula is C12H8F3N3O2. The fourth-order valence-electron chi connectivity index (χ4n) is 1.49. The van der Waals surface area contributed by atoms with Gasteiger partial charge in [0.2, 0.25) is 0 Å². The normalized spacial score (nSPS) is 11.2. The minimum Gasteiger partial charge on any atom is -0.465 e. The van der Waals surface area contributed by atoms with E-state index >= 15 is 0 Å². The Labute approximate surface area is 111 Å². The summed E-state index contributed by atoms with van der Waals surface area (Å²) in [5.74, 6) is 0.0353. The minimum atomic E-state index is -4.39. The molecule has 8 heteroatoms. The number of benzene rings is 1. The molecule has 0 radical (unpaired) electrons. The Kier molecular flexibility index (Phi) is 3.55. The molecule has 5 nitrogen and oxygen atoms in total. The maximum atomic E-state index is 12.4. The van der Waals surface area contributed by atoms with Gasteiger partial charge in [-0.05, 0) is 24.3 Å². The number of halogens is 3. The van der Waals surface area contributed by atoms with Crippen LogP contribution in [-0.4, -0.2) is 21.4 Å². The van der Waals surface area contributed by atoms with Gasteiger partial charge in [-0.15, -0.1) is 10.2 Å². The first kappa shape index (κ1) is 13.8. The smallest absolute Gasteiger partial charge is 0.416 e. The van der Waals surface area contributed by atoms with E-state index in [9.17, 15) is 18.0 Å². The highest BCUT2D eigenvalue weighted by molar-refractivity contribution is 5.81. The first-order chi connectivity index (χ1) is 9.36. The number of hydrogen-bond acceptors (Lipinski definition) is 3. The molecule has 2 aromatic rings. The van der Waals surface area contributed by atoms with Crippen molar-refractivity contribution in [3.05, 3.63) is 42.0 Å². The molecule has 0 spiro atoms. The second kappa shape index (κ2) is 5.16. The summed E-state index contributed by atoms with van der Waals surface area (Å²) >= 11 is 0. The third kappa shape index (κ3) is 3.22. The molecule has 1 aromatic heterocycles. The Hall–Kier alpha value is -2.64. The quantitative estimate of drug-likeness (QED) is 0.887. The van der Waals surface area contributed by atoms with E-state index in [0.29, 0.717) is 11.3 Å². The Balaban J connectivity index is 2.21. The van der Waals surface area contributed by atoms with Crippen LogP contribution >= 0.6 is 0 Å². The van der Waals surface area contributed by atoms with Gasteiger partial charge in [0.15, 0.2) is 5.82 Å². The number of aromatic nitrogens is 2. The zero-order valence-electron chi connectivity index (χ0n) is 9.85. The van der Waals surface area contributed by atoms with Crippen LogP contribution in [0.15, 0.2) is 36.4 Å². The van der Waals surface area contributed by atoms with Gasteiger partial charge >= 0.3 is 12.3 Å². The number of nitrogens with zero attached hydrogens (tertiary/aromatic N) is 2. The van der Waals surface area contributed by atoms with Crippen molar-refractivity contribution in [1.82, 2.24) is 10.2 Å². The van der Waals surface area contributed by atoms with Gasteiger partial charge in [0, 0.05) is 5.56 Å². The minimum absolute atomic E-state index is 0.0353. The van der Waals surface area contributed by atoms with Crippen LogP contribution in [0.25, 0.3) is 11.3 Å². The van der Waals surface area contributed by atoms with E-state index in [1.165, 1.54) is 24.3 Å². The van der Waals surface area contributed by atoms with Crippen LogP contribution in [0.5, 0.6) is 0 Å². The molecule has 0 unspecified atom stereocenters. The van der Waals surface area contributed by atoms with Crippen molar-refractivity contribution in [2.75, 3.05) is 5.32 Å². The molecule has 0 atom stereocenters. The van der Waals surface area contributed by atoms with Crippen molar-refractivity contribution in [3.63, 3.8) is 0 Å². The molecule has 104 valence electrons. The number of carbonyl (C=O) groups is 1. The van der Waals surface area contributed by atoms with Gasteiger partial charge in [-0.1, -0.05) is 12.1 Å². The Morgan fingerprint density at radius 3 is 2.15 bits per heavy atom. The molecule has 1 heterocycles. The van der Waals surface area contributed by atoms with E-state index in [1.54, 1.807) is 0 Å². The van der Waals surface area contributed by atoms with Gasteiger partial charge in [-0.2, -0.15) is 13.2 Å². The summed E-state index contributed by atoms with van der Waals surface area (Å²) in [6.07, 6.45) is -5.67. The predicted octanol–water partition coefficient (Wildman–Crippen LogP) is 3.25. The topological polar surface area (TPSA) is 75.1 Å². The molecule has 0 aliphatic rings. The maximum Gasteiger partial charge on any atom is 0.416 e. The molecular weight excluding hydrogens is 275 g/mol. The molecule has 0 saturated heterocycles. The van der Waals surface area contributed by atoms with Crippen molar-refractivity contribution in [3.8, 4) is 11.3 Å². The van der Waals surface area contributed by atoms with Crippen LogP contribution in [-0.2, 0) is 6.18 Å². The van der Waals surface area contributed by atoms with Gasteiger partial charge < -0.3 is 5.11 Å². The standard InChI is InChI=1S/C12H8F3N3O2/c13-12(14,15)8-3-1-7(2-4-8)9-5-6-10(18-17-9)16-11(19)20/h1-6H,(H,16,18)(H,19,20). The number of rotatable bonds is 2. The Morgan fingerprint density at radius 2 is 1.70 bits per heavy atom. The van der Waals surface area contributed by atoms with E-state index in [-0.39, 0.29) is 5.82 Å². The van der Waals surface area contributed by atoms with Crippen molar-refractivity contribution >= 4 is 11.9 Å². The summed E-state index contributed by atoms with van der Waals surface area (Å²) in [4.78, 5) is 10.4. The molecule has 2 N–H and O–H groups in total. The van der Waals surface area contributed by atoms with Crippen LogP contribution in [0, 0.1) is 0 Å². The largest absolute Gasteiger partial charge is 0.465 e. The van der Waals surface area contributed by atoms with Crippen LogP contribution < -0.4 is 5.32 Å². The number of amides is 1. The maximum absolute atomic E-state index is 12.4. The molecule has 1 amide bonds. The van der Waals surface area contributed by atoms with Crippen LogP contribution in [0.1, 0.15) is 5.56 Å². The molecule has 1 aromatic carbocycles. The van der Waals surface area contributed by atoms with E-state index < -0.39 is 17.8 Å². The number of anilines is 1. The molecule has 2 rings (SSSR count). The van der Waals surface area contributed by atoms with E-state index in [4.69, 9.17) is 5.11 Å². The Bertz CT molecular complexity index is 609. The highest BCUT2D eigenvalue weighted by Gasteiger charge is 2.29. The second-order valence-corrected chi connectivity index (χ2v) is 3.81. The average Bonchev–Trinajstić information content (AvgIpc) is 2.38. The van der Waals surface area contributed by atoms with E-state index in [1.807, 2.05) is 5.32 Å². The SMILES string of the molecule is O=C(O)Nc1ccc(-c2ccc(C(F)(F)F)cc2)nn1. The van der Waals surface area contributed by atoms with Gasteiger partial charge in [-0.25, -0.2) is 4.79 Å². The van der Waals surface area contributed by atoms with Crippen molar-refractivity contribution < 1.29 is 23.1 Å². The third-order valence-corrected chi connectivity index (χ3v) is 2.41. The molecule has 0 aliphatic carbocycles. The van der Waals surface area contributed by atoms with Crippen LogP contribution in [0.3, 0.4) is 0 Å². The van der Waals surface area contributed by atoms with Crippen molar-refractivity contribution in [2.24, 2.45) is 0 Å². The lowest BCUT2D eigenvalue weighted by atomic mass is 10.1. The van der Waals surface area contributed by atoms with Crippen LogP contribution in [0.2, 0.25) is 0 Å². The number of hydrogen-bond donors (Lipinski definition) is 2. The lowest BCUT2D eigenvalue weighted by Gasteiger charge is -2.07. The molecule has 0 saturated carbocycles. The van der Waals surface area contributed by atoms with Gasteiger partial charge in [0.1, 0.15) is 0 Å². The molecule has 0 bridgehead atoms. The zero-order chi connectivity index (χ0) is 14.8. The molecule has 0 aliphatic heterocycles. The molecule has 20 heavy (non-hydrogen) atoms. The summed E-state index contributed by atoms with van der Waals surface area (Å²) < 4.78 is 37.2. The van der Waals surface area contributed by atoms with E-state index in [0.717, 1.165) is 12.1 Å². The van der Waals surface area contributed by atoms with Crippen LogP contribution in [0.4, 0.5) is 23.8 Å². The fraction of sp³-hybridized carbons (Fsp3) is 0.0833. The predicted molar refractivity (Wildman–Crippen MR) is 64.1 cm³/mol. The first-order valence-corrected chi connectivity index (χ1v) is 5.37. The van der Waals surface area contributed by atoms with Crippen molar-refractivity contribution in [1.29, 1.82) is 0 Å². The first-order valence-electron chi connectivity index (χ1n) is 5.37. The van der Waals surface area contributed by atoms with Gasteiger partial charge in [0.05, 0.1) is 11.3 Å². The zero-order valence-corrected chi connectivity index (χ0v) is 9.85. The number of alkyl halides is 3. The fourth-order valence-corrected chi connectivity index (χ4v) is 1.49. The van der Waals surface area contributed by atoms with Gasteiger partial charge in [-0.3, -0.25) is 5.32 Å². The number of carboxylic acid groups (broad SMARTS) is 1. The summed E-state index contributed by atoms with van der Waals surface area (Å²) in [7, 11) is 0. The lowest BCUT2D eigenvalue weighted by molar-refractivity contribution is -0.137.